The molecule has 1 heterocycles. The SMILES string of the molecule is COc1cccc(N2C(=O)C(Nc3ccccc3OC)=C(c3ccc(C)c(C)c3)C2=O)c1. The van der Waals surface area contributed by atoms with Crippen LogP contribution >= 0.6 is 0 Å². The minimum Gasteiger partial charge on any atom is -0.497 e. The lowest BCUT2D eigenvalue weighted by Gasteiger charge is -2.16. The Morgan fingerprint density at radius 1 is 0.781 bits per heavy atom. The van der Waals surface area contributed by atoms with Gasteiger partial charge in [0.05, 0.1) is 31.2 Å². The number of amides is 2. The molecular weight excluding hydrogens is 404 g/mol. The Bertz CT molecular complexity index is 1250. The third kappa shape index (κ3) is 3.71. The van der Waals surface area contributed by atoms with Crippen LogP contribution in [0.1, 0.15) is 16.7 Å². The smallest absolute Gasteiger partial charge is 0.282 e. The number of aryl methyl sites for hydroxylation is 2. The molecule has 0 saturated carbocycles. The fraction of sp³-hybridized carbons (Fsp3) is 0.154. The average Bonchev–Trinajstić information content (AvgIpc) is 3.05. The van der Waals surface area contributed by atoms with Gasteiger partial charge in [-0.25, -0.2) is 4.90 Å². The lowest BCUT2D eigenvalue weighted by atomic mass is 9.99. The van der Waals surface area contributed by atoms with Gasteiger partial charge >= 0.3 is 0 Å². The Morgan fingerprint density at radius 3 is 2.28 bits per heavy atom. The first-order valence-corrected chi connectivity index (χ1v) is 10.2. The van der Waals surface area contributed by atoms with Crippen LogP contribution in [0.3, 0.4) is 0 Å². The van der Waals surface area contributed by atoms with E-state index in [1.54, 1.807) is 50.6 Å². The molecule has 0 unspecified atom stereocenters. The highest BCUT2D eigenvalue weighted by Crippen LogP contribution is 2.36. The van der Waals surface area contributed by atoms with E-state index in [1.807, 2.05) is 44.2 Å². The number of hydrogen-bond acceptors (Lipinski definition) is 5. The van der Waals surface area contributed by atoms with Gasteiger partial charge in [-0.3, -0.25) is 9.59 Å². The number of ether oxygens (including phenoxy) is 2. The zero-order valence-electron chi connectivity index (χ0n) is 18.4. The van der Waals surface area contributed by atoms with Crippen molar-refractivity contribution in [3.63, 3.8) is 0 Å². The molecule has 162 valence electrons. The van der Waals surface area contributed by atoms with Gasteiger partial charge in [-0.05, 0) is 54.8 Å². The van der Waals surface area contributed by atoms with Crippen LogP contribution in [0, 0.1) is 13.8 Å². The van der Waals surface area contributed by atoms with E-state index >= 15 is 0 Å². The molecule has 0 aliphatic carbocycles. The summed E-state index contributed by atoms with van der Waals surface area (Å²) in [6.45, 7) is 3.99. The fourth-order valence-corrected chi connectivity index (χ4v) is 3.68. The lowest BCUT2D eigenvalue weighted by molar-refractivity contribution is -0.120. The van der Waals surface area contributed by atoms with E-state index in [2.05, 4.69) is 5.32 Å². The summed E-state index contributed by atoms with van der Waals surface area (Å²) in [5.74, 6) is 0.285. The highest BCUT2D eigenvalue weighted by molar-refractivity contribution is 6.46. The van der Waals surface area contributed by atoms with Gasteiger partial charge < -0.3 is 14.8 Å². The van der Waals surface area contributed by atoms with E-state index in [-0.39, 0.29) is 5.70 Å². The van der Waals surface area contributed by atoms with Crippen LogP contribution in [0.25, 0.3) is 5.57 Å². The molecule has 1 aliphatic rings. The molecule has 6 heteroatoms. The van der Waals surface area contributed by atoms with Gasteiger partial charge in [0, 0.05) is 6.07 Å². The maximum absolute atomic E-state index is 13.6. The Kier molecular flexibility index (Phi) is 5.69. The quantitative estimate of drug-likeness (QED) is 0.576. The number of para-hydroxylation sites is 2. The summed E-state index contributed by atoms with van der Waals surface area (Å²) in [5, 5.41) is 3.16. The van der Waals surface area contributed by atoms with Gasteiger partial charge in [0.15, 0.2) is 0 Å². The Balaban J connectivity index is 1.86. The van der Waals surface area contributed by atoms with Gasteiger partial charge in [0.1, 0.15) is 17.2 Å². The Labute approximate surface area is 187 Å². The number of anilines is 2. The van der Waals surface area contributed by atoms with E-state index in [9.17, 15) is 9.59 Å². The predicted octanol–water partition coefficient (Wildman–Crippen LogP) is 4.72. The minimum atomic E-state index is -0.442. The van der Waals surface area contributed by atoms with Crippen molar-refractivity contribution in [2.45, 2.75) is 13.8 Å². The number of rotatable bonds is 6. The number of methoxy groups -OCH3 is 2. The van der Waals surface area contributed by atoms with Crippen LogP contribution in [-0.2, 0) is 9.59 Å². The monoisotopic (exact) mass is 428 g/mol. The van der Waals surface area contributed by atoms with Gasteiger partial charge in [0.25, 0.3) is 11.8 Å². The molecule has 4 rings (SSSR count). The normalized spacial score (nSPS) is 13.6. The minimum absolute atomic E-state index is 0.200. The molecular formula is C26H24N2O4. The summed E-state index contributed by atoms with van der Waals surface area (Å²) in [7, 11) is 3.10. The third-order valence-corrected chi connectivity index (χ3v) is 5.56. The van der Waals surface area contributed by atoms with E-state index in [0.29, 0.717) is 34.0 Å². The molecule has 0 atom stereocenters. The van der Waals surface area contributed by atoms with Gasteiger partial charge in [0.2, 0.25) is 0 Å². The molecule has 0 aromatic heterocycles. The number of carbonyl (C=O) groups excluding carboxylic acids is 2. The number of hydrogen-bond donors (Lipinski definition) is 1. The number of nitrogens with zero attached hydrogens (tertiary/aromatic N) is 1. The highest BCUT2D eigenvalue weighted by Gasteiger charge is 2.40. The van der Waals surface area contributed by atoms with Gasteiger partial charge in [-0.1, -0.05) is 36.4 Å². The maximum atomic E-state index is 13.6. The lowest BCUT2D eigenvalue weighted by Crippen LogP contribution is -2.32. The standard InChI is InChI=1S/C26H24N2O4/c1-16-12-13-18(14-17(16)2)23-24(27-21-10-5-6-11-22(21)32-4)26(30)28(25(23)29)19-8-7-9-20(15-19)31-3/h5-15,27H,1-4H3. The molecule has 3 aromatic carbocycles. The van der Waals surface area contributed by atoms with Crippen molar-refractivity contribution in [3.05, 3.63) is 89.1 Å². The average molecular weight is 428 g/mol. The first-order chi connectivity index (χ1) is 15.4. The highest BCUT2D eigenvalue weighted by atomic mass is 16.5. The summed E-state index contributed by atoms with van der Waals surface area (Å²) >= 11 is 0. The second-order valence-corrected chi connectivity index (χ2v) is 7.52. The summed E-state index contributed by atoms with van der Waals surface area (Å²) in [6, 6.07) is 19.9. The Hall–Kier alpha value is -4.06. The number of imide groups is 1. The van der Waals surface area contributed by atoms with Crippen LogP contribution in [0.2, 0.25) is 0 Å². The molecule has 3 aromatic rings. The van der Waals surface area contributed by atoms with Crippen LogP contribution < -0.4 is 19.7 Å². The van der Waals surface area contributed by atoms with E-state index in [1.165, 1.54) is 4.90 Å². The van der Waals surface area contributed by atoms with Gasteiger partial charge in [-0.15, -0.1) is 0 Å². The van der Waals surface area contributed by atoms with Gasteiger partial charge in [-0.2, -0.15) is 0 Å². The van der Waals surface area contributed by atoms with Crippen LogP contribution in [-0.4, -0.2) is 26.0 Å². The first-order valence-electron chi connectivity index (χ1n) is 10.2. The molecule has 6 nitrogen and oxygen atoms in total. The first kappa shape index (κ1) is 21.2. The zero-order chi connectivity index (χ0) is 22.8. The number of benzene rings is 3. The second kappa shape index (κ2) is 8.59. The van der Waals surface area contributed by atoms with E-state index < -0.39 is 11.8 Å². The van der Waals surface area contributed by atoms with Crippen LogP contribution in [0.4, 0.5) is 11.4 Å². The van der Waals surface area contributed by atoms with Crippen molar-refractivity contribution in [2.24, 2.45) is 0 Å². The summed E-state index contributed by atoms with van der Waals surface area (Å²) in [4.78, 5) is 28.3. The van der Waals surface area contributed by atoms with E-state index in [4.69, 9.17) is 9.47 Å². The zero-order valence-corrected chi connectivity index (χ0v) is 18.4. The van der Waals surface area contributed by atoms with Crippen molar-refractivity contribution in [1.82, 2.24) is 0 Å². The molecule has 0 fully saturated rings. The van der Waals surface area contributed by atoms with Crippen LogP contribution in [0.5, 0.6) is 11.5 Å². The largest absolute Gasteiger partial charge is 0.497 e. The molecule has 0 saturated heterocycles. The summed E-state index contributed by atoms with van der Waals surface area (Å²) < 4.78 is 10.7. The third-order valence-electron chi connectivity index (χ3n) is 5.56. The second-order valence-electron chi connectivity index (χ2n) is 7.52. The van der Waals surface area contributed by atoms with Crippen molar-refractivity contribution in [3.8, 4) is 11.5 Å². The summed E-state index contributed by atoms with van der Waals surface area (Å²) in [5.41, 5.74) is 4.37. The Morgan fingerprint density at radius 2 is 1.56 bits per heavy atom. The van der Waals surface area contributed by atoms with Crippen LogP contribution in [0.15, 0.2) is 72.4 Å². The molecule has 0 spiro atoms. The van der Waals surface area contributed by atoms with Crippen molar-refractivity contribution in [1.29, 1.82) is 0 Å². The summed E-state index contributed by atoms with van der Waals surface area (Å²) in [6.07, 6.45) is 0. The fourth-order valence-electron chi connectivity index (χ4n) is 3.68. The number of nitrogens with one attached hydrogen (secondary N) is 1. The molecule has 1 aliphatic heterocycles. The molecule has 0 radical (unpaired) electrons. The molecule has 32 heavy (non-hydrogen) atoms. The number of carbonyl (C=O) groups is 2. The van der Waals surface area contributed by atoms with Crippen molar-refractivity contribution < 1.29 is 19.1 Å². The molecule has 1 N–H and O–H groups in total. The maximum Gasteiger partial charge on any atom is 0.282 e. The van der Waals surface area contributed by atoms with E-state index in [0.717, 1.165) is 11.1 Å². The van der Waals surface area contributed by atoms with Crippen molar-refractivity contribution in [2.75, 3.05) is 24.4 Å². The van der Waals surface area contributed by atoms with Crippen molar-refractivity contribution >= 4 is 28.8 Å². The molecule has 2 amide bonds. The topological polar surface area (TPSA) is 67.9 Å². The molecule has 0 bridgehead atoms. The predicted molar refractivity (Wildman–Crippen MR) is 125 cm³/mol.